The lowest BCUT2D eigenvalue weighted by molar-refractivity contribution is -0.250. The van der Waals surface area contributed by atoms with Crippen LogP contribution in [0, 0.1) is 17.8 Å². The highest BCUT2D eigenvalue weighted by atomic mass is 16.7. The van der Waals surface area contributed by atoms with Gasteiger partial charge in [0.2, 0.25) is 11.6 Å². The van der Waals surface area contributed by atoms with E-state index in [9.17, 15) is 4.79 Å². The molecule has 0 spiro atoms. The van der Waals surface area contributed by atoms with Gasteiger partial charge in [0, 0.05) is 32.7 Å². The van der Waals surface area contributed by atoms with Crippen molar-refractivity contribution in [3.63, 3.8) is 0 Å². The first kappa shape index (κ1) is 10.4. The molecule has 4 aliphatic rings. The van der Waals surface area contributed by atoms with Gasteiger partial charge in [0.1, 0.15) is 0 Å². The Bertz CT molecular complexity index is 345. The SMILES string of the molecule is COC1(OC)C(=O)[C@H]2C=C[C@H]1[C@@H]1CCO[C@@H]12. The highest BCUT2D eigenvalue weighted by molar-refractivity contribution is 5.93. The van der Waals surface area contributed by atoms with Crippen LogP contribution in [0.2, 0.25) is 0 Å². The molecule has 2 fully saturated rings. The van der Waals surface area contributed by atoms with E-state index in [1.165, 1.54) is 0 Å². The quantitative estimate of drug-likeness (QED) is 0.513. The van der Waals surface area contributed by atoms with Crippen LogP contribution in [0.3, 0.4) is 0 Å². The maximum Gasteiger partial charge on any atom is 0.235 e. The number of fused-ring (bicyclic) bond motifs is 1. The Labute approximate surface area is 94.5 Å². The summed E-state index contributed by atoms with van der Waals surface area (Å²) in [6.07, 6.45) is 5.05. The highest BCUT2D eigenvalue weighted by Gasteiger charge is 2.62. The molecule has 4 atom stereocenters. The summed E-state index contributed by atoms with van der Waals surface area (Å²) in [5.74, 6) is -0.917. The summed E-state index contributed by atoms with van der Waals surface area (Å²) in [6, 6.07) is 0. The zero-order valence-electron chi connectivity index (χ0n) is 9.51. The van der Waals surface area contributed by atoms with Crippen molar-refractivity contribution >= 4 is 5.78 Å². The molecule has 0 N–H and O–H groups in total. The van der Waals surface area contributed by atoms with Gasteiger partial charge >= 0.3 is 0 Å². The van der Waals surface area contributed by atoms with E-state index in [4.69, 9.17) is 14.2 Å². The molecule has 4 nitrogen and oxygen atoms in total. The lowest BCUT2D eigenvalue weighted by Gasteiger charge is -2.49. The van der Waals surface area contributed by atoms with Crippen LogP contribution >= 0.6 is 0 Å². The Morgan fingerprint density at radius 1 is 1.38 bits per heavy atom. The van der Waals surface area contributed by atoms with Crippen molar-refractivity contribution in [1.29, 1.82) is 0 Å². The third kappa shape index (κ3) is 1.02. The standard InChI is InChI=1S/C12H16O4/c1-14-12(15-2)9-4-3-8(11(12)13)10-7(9)5-6-16-10/h3-4,7-10H,5-6H2,1-2H3/t7-,8-,9-,10-/m0/s1. The van der Waals surface area contributed by atoms with Crippen LogP contribution in [-0.2, 0) is 19.0 Å². The number of Topliss-reactive ketones (excluding diaryl/α,β-unsaturated/α-hetero) is 1. The van der Waals surface area contributed by atoms with Gasteiger partial charge in [0.15, 0.2) is 0 Å². The molecule has 1 aliphatic heterocycles. The molecule has 4 heteroatoms. The highest BCUT2D eigenvalue weighted by Crippen LogP contribution is 2.51. The Morgan fingerprint density at radius 2 is 2.12 bits per heavy atom. The molecule has 0 amide bonds. The van der Waals surface area contributed by atoms with Crippen LogP contribution in [-0.4, -0.2) is 38.5 Å². The zero-order chi connectivity index (χ0) is 11.3. The van der Waals surface area contributed by atoms with E-state index in [0.29, 0.717) is 5.92 Å². The van der Waals surface area contributed by atoms with Gasteiger partial charge in [-0.3, -0.25) is 4.79 Å². The molecule has 4 rings (SSSR count). The molecule has 2 bridgehead atoms. The molecule has 88 valence electrons. The number of methoxy groups -OCH3 is 2. The van der Waals surface area contributed by atoms with Crippen molar-refractivity contribution in [3.8, 4) is 0 Å². The summed E-state index contributed by atoms with van der Waals surface area (Å²) in [4.78, 5) is 12.3. The van der Waals surface area contributed by atoms with Gasteiger partial charge in [-0.25, -0.2) is 0 Å². The number of ketones is 1. The first-order valence-electron chi connectivity index (χ1n) is 5.69. The first-order chi connectivity index (χ1) is 7.74. The molecule has 3 aliphatic carbocycles. The summed E-state index contributed by atoms with van der Waals surface area (Å²) >= 11 is 0. The van der Waals surface area contributed by atoms with E-state index >= 15 is 0 Å². The molecule has 1 saturated carbocycles. The number of hydrogen-bond donors (Lipinski definition) is 0. The van der Waals surface area contributed by atoms with Crippen molar-refractivity contribution in [2.45, 2.75) is 18.3 Å². The predicted octanol–water partition coefficient (Wildman–Crippen LogP) is 0.765. The van der Waals surface area contributed by atoms with Gasteiger partial charge < -0.3 is 14.2 Å². The van der Waals surface area contributed by atoms with Crippen LogP contribution in [0.15, 0.2) is 12.2 Å². The van der Waals surface area contributed by atoms with Gasteiger partial charge in [-0.05, 0) is 6.42 Å². The smallest absolute Gasteiger partial charge is 0.235 e. The maximum atomic E-state index is 12.3. The van der Waals surface area contributed by atoms with E-state index in [0.717, 1.165) is 13.0 Å². The van der Waals surface area contributed by atoms with Gasteiger partial charge in [0.25, 0.3) is 0 Å². The Morgan fingerprint density at radius 3 is 2.81 bits per heavy atom. The molecular weight excluding hydrogens is 208 g/mol. The third-order valence-electron chi connectivity index (χ3n) is 4.22. The van der Waals surface area contributed by atoms with Gasteiger partial charge in [0.05, 0.1) is 12.0 Å². The first-order valence-corrected chi connectivity index (χ1v) is 5.69. The summed E-state index contributed by atoms with van der Waals surface area (Å²) in [5, 5.41) is 0. The van der Waals surface area contributed by atoms with Gasteiger partial charge in [-0.1, -0.05) is 12.2 Å². The van der Waals surface area contributed by atoms with E-state index in [2.05, 4.69) is 6.08 Å². The normalized spacial score (nSPS) is 43.8. The fourth-order valence-corrected chi connectivity index (χ4v) is 3.47. The second kappa shape index (κ2) is 3.39. The molecule has 0 radical (unpaired) electrons. The van der Waals surface area contributed by atoms with Gasteiger partial charge in [-0.2, -0.15) is 0 Å². The van der Waals surface area contributed by atoms with E-state index in [1.54, 1.807) is 14.2 Å². The van der Waals surface area contributed by atoms with Crippen LogP contribution in [0.1, 0.15) is 6.42 Å². The summed E-state index contributed by atoms with van der Waals surface area (Å²) < 4.78 is 16.5. The van der Waals surface area contributed by atoms with Crippen LogP contribution in [0.4, 0.5) is 0 Å². The largest absolute Gasteiger partial charge is 0.377 e. The molecular formula is C12H16O4. The van der Waals surface area contributed by atoms with Gasteiger partial charge in [-0.15, -0.1) is 0 Å². The molecule has 1 heterocycles. The number of ether oxygens (including phenoxy) is 3. The lowest BCUT2D eigenvalue weighted by Crippen LogP contribution is -2.63. The van der Waals surface area contributed by atoms with Crippen molar-refractivity contribution in [1.82, 2.24) is 0 Å². The minimum Gasteiger partial charge on any atom is -0.377 e. The lowest BCUT2D eigenvalue weighted by atomic mass is 9.63. The number of carbonyl (C=O) groups excluding carboxylic acids is 1. The molecule has 0 aromatic heterocycles. The van der Waals surface area contributed by atoms with Crippen molar-refractivity contribution in [3.05, 3.63) is 12.2 Å². The van der Waals surface area contributed by atoms with E-state index in [-0.39, 0.29) is 23.7 Å². The summed E-state index contributed by atoms with van der Waals surface area (Å²) in [6.45, 7) is 0.737. The average Bonchev–Trinajstić information content (AvgIpc) is 2.80. The van der Waals surface area contributed by atoms with Crippen molar-refractivity contribution < 1.29 is 19.0 Å². The second-order valence-electron chi connectivity index (χ2n) is 4.66. The van der Waals surface area contributed by atoms with E-state index in [1.807, 2.05) is 6.08 Å². The van der Waals surface area contributed by atoms with Crippen LogP contribution < -0.4 is 0 Å². The molecule has 0 aromatic carbocycles. The van der Waals surface area contributed by atoms with E-state index < -0.39 is 5.79 Å². The molecule has 16 heavy (non-hydrogen) atoms. The fourth-order valence-electron chi connectivity index (χ4n) is 3.47. The molecule has 1 saturated heterocycles. The Balaban J connectivity index is 2.06. The van der Waals surface area contributed by atoms with Crippen LogP contribution in [0.25, 0.3) is 0 Å². The monoisotopic (exact) mass is 224 g/mol. The molecule has 0 unspecified atom stereocenters. The predicted molar refractivity (Wildman–Crippen MR) is 55.7 cm³/mol. The summed E-state index contributed by atoms with van der Waals surface area (Å²) in [7, 11) is 3.08. The average molecular weight is 224 g/mol. The number of hydrogen-bond acceptors (Lipinski definition) is 4. The third-order valence-corrected chi connectivity index (χ3v) is 4.22. The van der Waals surface area contributed by atoms with Crippen molar-refractivity contribution in [2.24, 2.45) is 17.8 Å². The minimum atomic E-state index is -1.08. The summed E-state index contributed by atoms with van der Waals surface area (Å²) in [5.41, 5.74) is 0. The minimum absolute atomic E-state index is 0.00694. The Kier molecular flexibility index (Phi) is 2.21. The number of carbonyl (C=O) groups is 1. The Hall–Kier alpha value is -0.710. The topological polar surface area (TPSA) is 44.8 Å². The van der Waals surface area contributed by atoms with Crippen LogP contribution in [0.5, 0.6) is 0 Å². The molecule has 0 aromatic rings. The zero-order valence-corrected chi connectivity index (χ0v) is 9.51. The van der Waals surface area contributed by atoms with Crippen molar-refractivity contribution in [2.75, 3.05) is 20.8 Å². The fraction of sp³-hybridized carbons (Fsp3) is 0.750. The second-order valence-corrected chi connectivity index (χ2v) is 4.66. The number of rotatable bonds is 2. The maximum absolute atomic E-state index is 12.3.